The van der Waals surface area contributed by atoms with E-state index in [1.165, 1.54) is 5.56 Å². The number of likely N-dealkylation sites (tertiary alicyclic amines) is 1. The van der Waals surface area contributed by atoms with Crippen LogP contribution >= 0.6 is 0 Å². The average molecular weight is 366 g/mol. The maximum atomic E-state index is 12.0. The summed E-state index contributed by atoms with van der Waals surface area (Å²) in [5.74, 6) is -0.705. The standard InChI is InChI=1S/C21H26N4O2/c26-20(23-14-17-4-2-1-3-5-17)21(27)24-15-18-8-12-25(13-9-18)16-19-6-10-22-11-7-19/h1-7,10-11,18H,8-9,12-16H2,(H,23,26)(H,24,27). The predicted octanol–water partition coefficient (Wildman–Crippen LogP) is 1.73. The first kappa shape index (κ1) is 19.0. The van der Waals surface area contributed by atoms with Crippen molar-refractivity contribution in [3.63, 3.8) is 0 Å². The quantitative estimate of drug-likeness (QED) is 0.764. The zero-order valence-corrected chi connectivity index (χ0v) is 15.4. The van der Waals surface area contributed by atoms with Gasteiger partial charge in [0.15, 0.2) is 0 Å². The molecule has 2 heterocycles. The molecule has 3 rings (SSSR count). The molecule has 1 fully saturated rings. The zero-order valence-electron chi connectivity index (χ0n) is 15.4. The third-order valence-electron chi connectivity index (χ3n) is 4.92. The highest BCUT2D eigenvalue weighted by Crippen LogP contribution is 2.18. The molecule has 2 aromatic rings. The number of nitrogens with one attached hydrogen (secondary N) is 2. The van der Waals surface area contributed by atoms with E-state index < -0.39 is 11.8 Å². The van der Waals surface area contributed by atoms with E-state index in [0.29, 0.717) is 19.0 Å². The number of hydrogen-bond acceptors (Lipinski definition) is 4. The van der Waals surface area contributed by atoms with E-state index in [4.69, 9.17) is 0 Å². The molecule has 0 unspecified atom stereocenters. The Bertz CT molecular complexity index is 728. The van der Waals surface area contributed by atoms with Gasteiger partial charge in [0.1, 0.15) is 0 Å². The number of piperidine rings is 1. The first-order valence-corrected chi connectivity index (χ1v) is 9.42. The number of carbonyl (C=O) groups is 2. The van der Waals surface area contributed by atoms with Gasteiger partial charge in [-0.2, -0.15) is 0 Å². The van der Waals surface area contributed by atoms with Gasteiger partial charge in [-0.3, -0.25) is 19.5 Å². The van der Waals surface area contributed by atoms with Gasteiger partial charge in [-0.15, -0.1) is 0 Å². The largest absolute Gasteiger partial charge is 0.348 e. The molecule has 27 heavy (non-hydrogen) atoms. The Balaban J connectivity index is 1.33. The molecule has 142 valence electrons. The lowest BCUT2D eigenvalue weighted by atomic mass is 9.96. The Morgan fingerprint density at radius 2 is 1.59 bits per heavy atom. The highest BCUT2D eigenvalue weighted by molar-refractivity contribution is 6.35. The van der Waals surface area contributed by atoms with E-state index in [-0.39, 0.29) is 0 Å². The smallest absolute Gasteiger partial charge is 0.309 e. The number of aromatic nitrogens is 1. The molecule has 1 saturated heterocycles. The summed E-state index contributed by atoms with van der Waals surface area (Å²) in [6.45, 7) is 3.86. The van der Waals surface area contributed by atoms with Crippen molar-refractivity contribution in [2.75, 3.05) is 19.6 Å². The Morgan fingerprint density at radius 3 is 2.30 bits per heavy atom. The van der Waals surface area contributed by atoms with Crippen molar-refractivity contribution >= 4 is 11.8 Å². The molecular weight excluding hydrogens is 340 g/mol. The molecule has 2 amide bonds. The van der Waals surface area contributed by atoms with Crippen LogP contribution in [0.15, 0.2) is 54.9 Å². The van der Waals surface area contributed by atoms with E-state index in [2.05, 4.69) is 20.5 Å². The van der Waals surface area contributed by atoms with Gasteiger partial charge in [-0.05, 0) is 55.1 Å². The van der Waals surface area contributed by atoms with E-state index in [9.17, 15) is 9.59 Å². The van der Waals surface area contributed by atoms with E-state index in [1.807, 2.05) is 54.9 Å². The van der Waals surface area contributed by atoms with Gasteiger partial charge in [0.25, 0.3) is 0 Å². The second kappa shape index (κ2) is 9.83. The van der Waals surface area contributed by atoms with Crippen LogP contribution in [0, 0.1) is 5.92 Å². The summed E-state index contributed by atoms with van der Waals surface area (Å²) in [5.41, 5.74) is 2.24. The number of hydrogen-bond donors (Lipinski definition) is 2. The molecule has 0 radical (unpaired) electrons. The highest BCUT2D eigenvalue weighted by atomic mass is 16.2. The third kappa shape index (κ3) is 6.18. The average Bonchev–Trinajstić information content (AvgIpc) is 2.73. The molecule has 1 aliphatic rings. The number of nitrogens with zero attached hydrogens (tertiary/aromatic N) is 2. The van der Waals surface area contributed by atoms with E-state index in [0.717, 1.165) is 38.0 Å². The highest BCUT2D eigenvalue weighted by Gasteiger charge is 2.21. The zero-order chi connectivity index (χ0) is 18.9. The van der Waals surface area contributed by atoms with E-state index in [1.54, 1.807) is 0 Å². The Kier molecular flexibility index (Phi) is 6.93. The Hall–Kier alpha value is -2.73. The maximum absolute atomic E-state index is 12.0. The number of rotatable bonds is 6. The van der Waals surface area contributed by atoms with Gasteiger partial charge < -0.3 is 10.6 Å². The predicted molar refractivity (Wildman–Crippen MR) is 104 cm³/mol. The van der Waals surface area contributed by atoms with Crippen LogP contribution < -0.4 is 10.6 Å². The van der Waals surface area contributed by atoms with Gasteiger partial charge in [0.2, 0.25) is 0 Å². The minimum absolute atomic E-state index is 0.362. The number of amides is 2. The molecule has 0 bridgehead atoms. The van der Waals surface area contributed by atoms with Crippen molar-refractivity contribution in [3.05, 3.63) is 66.0 Å². The molecule has 0 saturated carbocycles. The van der Waals surface area contributed by atoms with Crippen LogP contribution in [0.1, 0.15) is 24.0 Å². The van der Waals surface area contributed by atoms with Crippen LogP contribution in [0.4, 0.5) is 0 Å². The molecule has 6 nitrogen and oxygen atoms in total. The van der Waals surface area contributed by atoms with Crippen LogP contribution in [0.2, 0.25) is 0 Å². The van der Waals surface area contributed by atoms with Gasteiger partial charge in [-0.1, -0.05) is 30.3 Å². The van der Waals surface area contributed by atoms with Crippen molar-refractivity contribution in [1.82, 2.24) is 20.5 Å². The summed E-state index contributed by atoms with van der Waals surface area (Å²) in [5, 5.41) is 5.43. The molecule has 1 aliphatic heterocycles. The van der Waals surface area contributed by atoms with Gasteiger partial charge in [-0.25, -0.2) is 0 Å². The van der Waals surface area contributed by atoms with Crippen LogP contribution in [-0.2, 0) is 22.7 Å². The number of pyridine rings is 1. The summed E-state index contributed by atoms with van der Waals surface area (Å²) in [6.07, 6.45) is 5.69. The second-order valence-corrected chi connectivity index (χ2v) is 6.95. The topological polar surface area (TPSA) is 74.3 Å². The molecule has 1 aromatic carbocycles. The summed E-state index contributed by atoms with van der Waals surface area (Å²) in [6, 6.07) is 13.6. The lowest BCUT2D eigenvalue weighted by molar-refractivity contribution is -0.139. The first-order chi connectivity index (χ1) is 13.2. The SMILES string of the molecule is O=C(NCc1ccccc1)C(=O)NCC1CCN(Cc2ccncc2)CC1. The second-order valence-electron chi connectivity index (χ2n) is 6.95. The molecule has 0 aliphatic carbocycles. The normalized spacial score (nSPS) is 15.3. The molecule has 0 atom stereocenters. The van der Waals surface area contributed by atoms with Crippen molar-refractivity contribution in [1.29, 1.82) is 0 Å². The fraction of sp³-hybridized carbons (Fsp3) is 0.381. The van der Waals surface area contributed by atoms with Gasteiger partial charge in [0, 0.05) is 32.0 Å². The number of benzene rings is 1. The Morgan fingerprint density at radius 1 is 0.926 bits per heavy atom. The van der Waals surface area contributed by atoms with Crippen molar-refractivity contribution in [2.24, 2.45) is 5.92 Å². The molecule has 2 N–H and O–H groups in total. The fourth-order valence-electron chi connectivity index (χ4n) is 3.27. The summed E-state index contributed by atoms with van der Waals surface area (Å²) < 4.78 is 0. The lowest BCUT2D eigenvalue weighted by Crippen LogP contribution is -2.43. The molecular formula is C21H26N4O2. The van der Waals surface area contributed by atoms with Crippen molar-refractivity contribution < 1.29 is 9.59 Å². The Labute approximate surface area is 160 Å². The summed E-state index contributed by atoms with van der Waals surface area (Å²) in [7, 11) is 0. The third-order valence-corrected chi connectivity index (χ3v) is 4.92. The summed E-state index contributed by atoms with van der Waals surface area (Å²) in [4.78, 5) is 30.3. The molecule has 0 spiro atoms. The fourth-order valence-corrected chi connectivity index (χ4v) is 3.27. The summed E-state index contributed by atoms with van der Waals surface area (Å²) >= 11 is 0. The van der Waals surface area contributed by atoms with Crippen molar-refractivity contribution in [3.8, 4) is 0 Å². The lowest BCUT2D eigenvalue weighted by Gasteiger charge is -2.32. The molecule has 1 aromatic heterocycles. The number of carbonyl (C=O) groups excluding carboxylic acids is 2. The van der Waals surface area contributed by atoms with Crippen LogP contribution in [-0.4, -0.2) is 41.3 Å². The minimum Gasteiger partial charge on any atom is -0.348 e. The molecule has 6 heteroatoms. The van der Waals surface area contributed by atoms with Crippen molar-refractivity contribution in [2.45, 2.75) is 25.9 Å². The van der Waals surface area contributed by atoms with Gasteiger partial charge >= 0.3 is 11.8 Å². The van der Waals surface area contributed by atoms with Gasteiger partial charge in [0.05, 0.1) is 0 Å². The maximum Gasteiger partial charge on any atom is 0.309 e. The van der Waals surface area contributed by atoms with Crippen LogP contribution in [0.5, 0.6) is 0 Å². The van der Waals surface area contributed by atoms with Crippen LogP contribution in [0.3, 0.4) is 0 Å². The van der Waals surface area contributed by atoms with Crippen LogP contribution in [0.25, 0.3) is 0 Å². The first-order valence-electron chi connectivity index (χ1n) is 9.42. The monoisotopic (exact) mass is 366 g/mol. The minimum atomic E-state index is -0.575. The van der Waals surface area contributed by atoms with E-state index >= 15 is 0 Å².